The molecule has 2 aromatic carbocycles. The lowest BCUT2D eigenvalue weighted by molar-refractivity contribution is -0.121. The number of halogens is 3. The first-order chi connectivity index (χ1) is 12.0. The van der Waals surface area contributed by atoms with E-state index >= 15 is 0 Å². The molecule has 0 atom stereocenters. The number of carbonyl (C=O) groups excluding carboxylic acids is 1. The Morgan fingerprint density at radius 3 is 2.44 bits per heavy atom. The molecule has 0 heterocycles. The van der Waals surface area contributed by atoms with Gasteiger partial charge in [0.25, 0.3) is 0 Å². The summed E-state index contributed by atoms with van der Waals surface area (Å²) in [6, 6.07) is 12.2. The van der Waals surface area contributed by atoms with E-state index in [1.807, 2.05) is 19.1 Å². The molecule has 0 unspecified atom stereocenters. The molecule has 0 radical (unpaired) electrons. The molecule has 0 aromatic heterocycles. The second kappa shape index (κ2) is 9.66. The van der Waals surface area contributed by atoms with Crippen LogP contribution in [-0.4, -0.2) is 18.2 Å². The Labute approximate surface area is 161 Å². The average molecular weight is 400 g/mol. The zero-order chi connectivity index (χ0) is 18.2. The zero-order valence-corrected chi connectivity index (χ0v) is 15.8. The maximum Gasteiger partial charge on any atom is 0.240 e. The first-order valence-electron chi connectivity index (χ1n) is 7.62. The van der Waals surface area contributed by atoms with Crippen molar-refractivity contribution in [3.63, 3.8) is 0 Å². The zero-order valence-electron chi connectivity index (χ0n) is 13.6. The van der Waals surface area contributed by atoms with Gasteiger partial charge in [0.15, 0.2) is 0 Å². The number of hydrogen-bond acceptors (Lipinski definition) is 3. The van der Waals surface area contributed by atoms with Crippen molar-refractivity contribution >= 4 is 46.4 Å². The summed E-state index contributed by atoms with van der Waals surface area (Å²) >= 11 is 17.7. The molecule has 2 aromatic rings. The normalized spacial score (nSPS) is 11.3. The quantitative estimate of drug-likeness (QED) is 0.388. The van der Waals surface area contributed by atoms with E-state index in [0.29, 0.717) is 46.0 Å². The maximum absolute atomic E-state index is 11.8. The van der Waals surface area contributed by atoms with Gasteiger partial charge >= 0.3 is 0 Å². The Hall–Kier alpha value is -1.75. The molecule has 0 aliphatic rings. The van der Waals surface area contributed by atoms with Gasteiger partial charge in [0.2, 0.25) is 5.91 Å². The molecule has 132 valence electrons. The van der Waals surface area contributed by atoms with Gasteiger partial charge in [-0.2, -0.15) is 5.10 Å². The highest BCUT2D eigenvalue weighted by Crippen LogP contribution is 2.27. The maximum atomic E-state index is 11.8. The highest BCUT2D eigenvalue weighted by molar-refractivity contribution is 6.35. The number of hydrazone groups is 1. The summed E-state index contributed by atoms with van der Waals surface area (Å²) in [5.74, 6) is 0.363. The minimum Gasteiger partial charge on any atom is -0.492 e. The largest absolute Gasteiger partial charge is 0.492 e. The monoisotopic (exact) mass is 398 g/mol. The van der Waals surface area contributed by atoms with Crippen LogP contribution in [-0.2, 0) is 4.79 Å². The fraction of sp³-hybridized carbons (Fsp3) is 0.222. The molecule has 7 heteroatoms. The predicted molar refractivity (Wildman–Crippen MR) is 103 cm³/mol. The van der Waals surface area contributed by atoms with Gasteiger partial charge in [0.05, 0.1) is 17.3 Å². The molecule has 4 nitrogen and oxygen atoms in total. The SMILES string of the molecule is C/C(=N/NC(=O)CCCOc1ccc(Cl)cc1Cl)c1ccc(Cl)cc1. The molecule has 0 aliphatic heterocycles. The van der Waals surface area contributed by atoms with E-state index in [2.05, 4.69) is 10.5 Å². The molecular weight excluding hydrogens is 383 g/mol. The van der Waals surface area contributed by atoms with E-state index in [1.54, 1.807) is 30.3 Å². The predicted octanol–water partition coefficient (Wildman–Crippen LogP) is 5.35. The van der Waals surface area contributed by atoms with Gasteiger partial charge in [-0.3, -0.25) is 4.79 Å². The molecule has 0 spiro atoms. The fourth-order valence-electron chi connectivity index (χ4n) is 1.96. The van der Waals surface area contributed by atoms with E-state index < -0.39 is 0 Å². The molecule has 2 rings (SSSR count). The van der Waals surface area contributed by atoms with Crippen molar-refractivity contribution in [1.29, 1.82) is 0 Å². The molecule has 0 bridgehead atoms. The molecule has 25 heavy (non-hydrogen) atoms. The van der Waals surface area contributed by atoms with Gasteiger partial charge in [-0.05, 0) is 49.2 Å². The molecule has 0 saturated heterocycles. The Balaban J connectivity index is 1.73. The summed E-state index contributed by atoms with van der Waals surface area (Å²) in [6.45, 7) is 2.18. The van der Waals surface area contributed by atoms with Crippen LogP contribution in [0.25, 0.3) is 0 Å². The minimum absolute atomic E-state index is 0.181. The lowest BCUT2D eigenvalue weighted by Crippen LogP contribution is -2.19. The number of nitrogens with zero attached hydrogens (tertiary/aromatic N) is 1. The standard InChI is InChI=1S/C18H17Cl3N2O2/c1-12(13-4-6-14(19)7-5-13)22-23-18(24)3-2-10-25-17-9-8-15(20)11-16(17)21/h4-9,11H,2-3,10H2,1H3,(H,23,24)/b22-12-. The first kappa shape index (κ1) is 19.6. The third-order valence-electron chi connectivity index (χ3n) is 3.31. The van der Waals surface area contributed by atoms with Crippen molar-refractivity contribution in [2.45, 2.75) is 19.8 Å². The Kier molecular flexibility index (Phi) is 7.56. The van der Waals surface area contributed by atoms with Crippen LogP contribution >= 0.6 is 34.8 Å². The number of carbonyl (C=O) groups is 1. The molecule has 1 amide bonds. The van der Waals surface area contributed by atoms with Crippen LogP contribution in [0.15, 0.2) is 47.6 Å². The summed E-state index contributed by atoms with van der Waals surface area (Å²) in [5, 5.41) is 5.73. The van der Waals surface area contributed by atoms with Gasteiger partial charge in [0.1, 0.15) is 5.75 Å². The third kappa shape index (κ3) is 6.58. The van der Waals surface area contributed by atoms with Gasteiger partial charge in [-0.1, -0.05) is 46.9 Å². The summed E-state index contributed by atoms with van der Waals surface area (Å²) in [7, 11) is 0. The molecule has 0 aliphatic carbocycles. The fourth-order valence-corrected chi connectivity index (χ4v) is 2.55. The van der Waals surface area contributed by atoms with E-state index in [-0.39, 0.29) is 5.91 Å². The van der Waals surface area contributed by atoms with E-state index in [9.17, 15) is 4.79 Å². The summed E-state index contributed by atoms with van der Waals surface area (Å²) in [6.07, 6.45) is 0.836. The number of nitrogens with one attached hydrogen (secondary N) is 1. The lowest BCUT2D eigenvalue weighted by Gasteiger charge is -2.08. The number of ether oxygens (including phenoxy) is 1. The summed E-state index contributed by atoms with van der Waals surface area (Å²) < 4.78 is 5.53. The Morgan fingerprint density at radius 2 is 1.76 bits per heavy atom. The Morgan fingerprint density at radius 1 is 1.08 bits per heavy atom. The molecule has 1 N–H and O–H groups in total. The molecule has 0 fully saturated rings. The van der Waals surface area contributed by atoms with Crippen LogP contribution in [0.2, 0.25) is 15.1 Å². The number of rotatable bonds is 7. The van der Waals surface area contributed by atoms with Crippen LogP contribution in [0.1, 0.15) is 25.3 Å². The summed E-state index contributed by atoms with van der Waals surface area (Å²) in [4.78, 5) is 11.8. The summed E-state index contributed by atoms with van der Waals surface area (Å²) in [5.41, 5.74) is 4.13. The van der Waals surface area contributed by atoms with Crippen molar-refractivity contribution < 1.29 is 9.53 Å². The number of amides is 1. The topological polar surface area (TPSA) is 50.7 Å². The van der Waals surface area contributed by atoms with Crippen molar-refractivity contribution in [2.24, 2.45) is 5.10 Å². The molecule has 0 saturated carbocycles. The highest BCUT2D eigenvalue weighted by atomic mass is 35.5. The Bertz CT molecular complexity index is 761. The van der Waals surface area contributed by atoms with Gasteiger partial charge in [-0.15, -0.1) is 0 Å². The van der Waals surface area contributed by atoms with Crippen molar-refractivity contribution in [2.75, 3.05) is 6.61 Å². The molecular formula is C18H17Cl3N2O2. The van der Waals surface area contributed by atoms with Crippen LogP contribution in [0.4, 0.5) is 0 Å². The second-order valence-corrected chi connectivity index (χ2v) is 6.55. The smallest absolute Gasteiger partial charge is 0.240 e. The van der Waals surface area contributed by atoms with Crippen molar-refractivity contribution in [3.8, 4) is 5.75 Å². The van der Waals surface area contributed by atoms with Gasteiger partial charge < -0.3 is 4.74 Å². The number of benzene rings is 2. The van der Waals surface area contributed by atoms with Gasteiger partial charge in [0, 0.05) is 16.5 Å². The van der Waals surface area contributed by atoms with Crippen LogP contribution < -0.4 is 10.2 Å². The van der Waals surface area contributed by atoms with E-state index in [1.165, 1.54) is 0 Å². The van der Waals surface area contributed by atoms with E-state index in [4.69, 9.17) is 39.5 Å². The average Bonchev–Trinajstić information content (AvgIpc) is 2.58. The van der Waals surface area contributed by atoms with Crippen molar-refractivity contribution in [3.05, 3.63) is 63.1 Å². The third-order valence-corrected chi connectivity index (χ3v) is 4.09. The first-order valence-corrected chi connectivity index (χ1v) is 8.76. The van der Waals surface area contributed by atoms with Gasteiger partial charge in [-0.25, -0.2) is 5.43 Å². The van der Waals surface area contributed by atoms with Crippen LogP contribution in [0.5, 0.6) is 5.75 Å². The number of hydrogen-bond donors (Lipinski definition) is 1. The second-order valence-electron chi connectivity index (χ2n) is 5.27. The van der Waals surface area contributed by atoms with Crippen LogP contribution in [0.3, 0.4) is 0 Å². The van der Waals surface area contributed by atoms with Crippen LogP contribution in [0, 0.1) is 0 Å². The van der Waals surface area contributed by atoms with Crippen molar-refractivity contribution in [1.82, 2.24) is 5.43 Å². The highest BCUT2D eigenvalue weighted by Gasteiger charge is 2.05. The minimum atomic E-state index is -0.181. The van der Waals surface area contributed by atoms with E-state index in [0.717, 1.165) is 5.56 Å². The lowest BCUT2D eigenvalue weighted by atomic mass is 10.1.